The molecule has 1 heterocycles. The summed E-state index contributed by atoms with van der Waals surface area (Å²) in [4.78, 5) is 5.35. The Bertz CT molecular complexity index is 433. The van der Waals surface area contributed by atoms with Crippen LogP contribution in [0, 0.1) is 0 Å². The van der Waals surface area contributed by atoms with Crippen molar-refractivity contribution in [1.29, 1.82) is 0 Å². The van der Waals surface area contributed by atoms with Crippen LogP contribution in [0.15, 0.2) is 12.4 Å². The van der Waals surface area contributed by atoms with Crippen LogP contribution < -0.4 is 0 Å². The van der Waals surface area contributed by atoms with E-state index in [4.69, 9.17) is 0 Å². The van der Waals surface area contributed by atoms with Crippen molar-refractivity contribution < 1.29 is 0 Å². The van der Waals surface area contributed by atoms with Crippen molar-refractivity contribution in [3.8, 4) is 0 Å². The lowest BCUT2D eigenvalue weighted by molar-refractivity contribution is 0.135. The maximum atomic E-state index is 2.68. The molecular weight excluding hydrogens is 412 g/mol. The SMILES string of the molecule is CCCCCCCCCCCCCN1C=CN(CCCCCCCCCCC)C1CCCCC. The first-order valence-electron chi connectivity index (χ1n) is 16.0. The smallest absolute Gasteiger partial charge is 0.101 e. The van der Waals surface area contributed by atoms with Gasteiger partial charge in [-0.15, -0.1) is 0 Å². The Hall–Kier alpha value is -0.660. The molecule has 1 rings (SSSR count). The highest BCUT2D eigenvalue weighted by atomic mass is 15.4. The molecule has 2 heteroatoms. The van der Waals surface area contributed by atoms with Crippen LogP contribution in [0.25, 0.3) is 0 Å². The fourth-order valence-corrected chi connectivity index (χ4v) is 5.48. The summed E-state index contributed by atoms with van der Waals surface area (Å²) in [5.41, 5.74) is 0. The molecule has 0 saturated carbocycles. The standard InChI is InChI=1S/C32H64N2/c1-4-7-10-12-14-16-17-19-21-23-26-29-34-31-30-33(32(34)27-24-9-6-3)28-25-22-20-18-15-13-11-8-5-2/h30-32H,4-29H2,1-3H3. The van der Waals surface area contributed by atoms with E-state index in [1.807, 2.05) is 0 Å². The second kappa shape index (κ2) is 24.1. The molecule has 202 valence electrons. The summed E-state index contributed by atoms with van der Waals surface area (Å²) in [6, 6.07) is 0. The first kappa shape index (κ1) is 31.4. The van der Waals surface area contributed by atoms with Gasteiger partial charge in [-0.25, -0.2) is 0 Å². The molecule has 0 fully saturated rings. The van der Waals surface area contributed by atoms with Crippen LogP contribution in [0.5, 0.6) is 0 Å². The van der Waals surface area contributed by atoms with Gasteiger partial charge in [0.1, 0.15) is 6.17 Å². The third kappa shape index (κ3) is 16.9. The van der Waals surface area contributed by atoms with E-state index in [9.17, 15) is 0 Å². The van der Waals surface area contributed by atoms with E-state index in [-0.39, 0.29) is 0 Å². The predicted molar refractivity (Wildman–Crippen MR) is 154 cm³/mol. The van der Waals surface area contributed by atoms with Gasteiger partial charge in [-0.2, -0.15) is 0 Å². The summed E-state index contributed by atoms with van der Waals surface area (Å²) in [5.74, 6) is 0. The third-order valence-corrected chi connectivity index (χ3v) is 7.82. The Labute approximate surface area is 216 Å². The quantitative estimate of drug-likeness (QED) is 0.114. The van der Waals surface area contributed by atoms with Gasteiger partial charge >= 0.3 is 0 Å². The van der Waals surface area contributed by atoms with E-state index < -0.39 is 0 Å². The van der Waals surface area contributed by atoms with Crippen molar-refractivity contribution in [3.63, 3.8) is 0 Å². The molecule has 0 aromatic rings. The highest BCUT2D eigenvalue weighted by Crippen LogP contribution is 2.23. The fraction of sp³-hybridized carbons (Fsp3) is 0.938. The van der Waals surface area contributed by atoms with E-state index in [1.54, 1.807) is 0 Å². The Morgan fingerprint density at radius 1 is 0.382 bits per heavy atom. The van der Waals surface area contributed by atoms with Gasteiger partial charge in [0.15, 0.2) is 0 Å². The van der Waals surface area contributed by atoms with Gasteiger partial charge in [-0.1, -0.05) is 149 Å². The zero-order chi connectivity index (χ0) is 24.5. The highest BCUT2D eigenvalue weighted by Gasteiger charge is 2.24. The molecule has 2 nitrogen and oxygen atoms in total. The second-order valence-corrected chi connectivity index (χ2v) is 11.1. The van der Waals surface area contributed by atoms with E-state index in [1.165, 1.54) is 167 Å². The van der Waals surface area contributed by atoms with Crippen LogP contribution in [-0.4, -0.2) is 29.1 Å². The summed E-state index contributed by atoms with van der Waals surface area (Å²) in [5, 5.41) is 0. The van der Waals surface area contributed by atoms with Crippen molar-refractivity contribution >= 4 is 0 Å². The average Bonchev–Trinajstić information content (AvgIpc) is 3.23. The van der Waals surface area contributed by atoms with Crippen molar-refractivity contribution in [1.82, 2.24) is 9.80 Å². The van der Waals surface area contributed by atoms with Gasteiger partial charge in [0, 0.05) is 25.5 Å². The molecule has 1 atom stereocenters. The van der Waals surface area contributed by atoms with Crippen LogP contribution in [0.4, 0.5) is 0 Å². The maximum Gasteiger partial charge on any atom is 0.101 e. The zero-order valence-corrected chi connectivity index (χ0v) is 24.0. The monoisotopic (exact) mass is 477 g/mol. The molecule has 0 spiro atoms. The summed E-state index contributed by atoms with van der Waals surface area (Å²) in [6.45, 7) is 9.47. The maximum absolute atomic E-state index is 2.68. The minimum atomic E-state index is 0.642. The number of unbranched alkanes of at least 4 members (excludes halogenated alkanes) is 20. The topological polar surface area (TPSA) is 6.48 Å². The number of hydrogen-bond acceptors (Lipinski definition) is 2. The number of nitrogens with zero attached hydrogens (tertiary/aromatic N) is 2. The van der Waals surface area contributed by atoms with Crippen LogP contribution in [0.2, 0.25) is 0 Å². The van der Waals surface area contributed by atoms with Gasteiger partial charge in [-0.05, 0) is 25.7 Å². The Morgan fingerprint density at radius 3 is 1.03 bits per heavy atom. The van der Waals surface area contributed by atoms with E-state index in [0.29, 0.717) is 6.17 Å². The van der Waals surface area contributed by atoms with E-state index >= 15 is 0 Å². The van der Waals surface area contributed by atoms with Gasteiger partial charge in [0.2, 0.25) is 0 Å². The minimum Gasteiger partial charge on any atom is -0.356 e. The zero-order valence-electron chi connectivity index (χ0n) is 24.0. The number of hydrogen-bond donors (Lipinski definition) is 0. The highest BCUT2D eigenvalue weighted by molar-refractivity contribution is 4.97. The van der Waals surface area contributed by atoms with E-state index in [2.05, 4.69) is 43.0 Å². The summed E-state index contributed by atoms with van der Waals surface area (Å²) in [7, 11) is 0. The molecular formula is C32H64N2. The largest absolute Gasteiger partial charge is 0.356 e. The molecule has 0 aromatic carbocycles. The molecule has 0 aromatic heterocycles. The minimum absolute atomic E-state index is 0.642. The van der Waals surface area contributed by atoms with Gasteiger partial charge < -0.3 is 9.80 Å². The Balaban J connectivity index is 2.13. The average molecular weight is 477 g/mol. The summed E-state index contributed by atoms with van der Waals surface area (Å²) < 4.78 is 0. The van der Waals surface area contributed by atoms with Crippen molar-refractivity contribution in [2.45, 2.75) is 181 Å². The Morgan fingerprint density at radius 2 is 0.676 bits per heavy atom. The van der Waals surface area contributed by atoms with E-state index in [0.717, 1.165) is 0 Å². The lowest BCUT2D eigenvalue weighted by Gasteiger charge is -2.33. The summed E-state index contributed by atoms with van der Waals surface area (Å²) in [6.07, 6.45) is 39.5. The number of rotatable bonds is 26. The van der Waals surface area contributed by atoms with Crippen molar-refractivity contribution in [2.24, 2.45) is 0 Å². The molecule has 0 saturated heterocycles. The lowest BCUT2D eigenvalue weighted by Crippen LogP contribution is -2.39. The first-order chi connectivity index (χ1) is 16.8. The van der Waals surface area contributed by atoms with Crippen LogP contribution in [0.1, 0.15) is 175 Å². The molecule has 0 aliphatic carbocycles. The first-order valence-corrected chi connectivity index (χ1v) is 16.0. The normalized spacial score (nSPS) is 15.7. The second-order valence-electron chi connectivity index (χ2n) is 11.1. The predicted octanol–water partition coefficient (Wildman–Crippen LogP) is 10.8. The molecule has 1 aliphatic rings. The van der Waals surface area contributed by atoms with Crippen molar-refractivity contribution in [3.05, 3.63) is 12.4 Å². The lowest BCUT2D eigenvalue weighted by atomic mass is 10.1. The molecule has 0 radical (unpaired) electrons. The molecule has 1 unspecified atom stereocenters. The Kier molecular flexibility index (Phi) is 22.2. The van der Waals surface area contributed by atoms with Gasteiger partial charge in [0.25, 0.3) is 0 Å². The molecule has 0 bridgehead atoms. The molecule has 0 amide bonds. The molecule has 1 aliphatic heterocycles. The molecule has 34 heavy (non-hydrogen) atoms. The van der Waals surface area contributed by atoms with Crippen molar-refractivity contribution in [2.75, 3.05) is 13.1 Å². The van der Waals surface area contributed by atoms with Crippen LogP contribution in [0.3, 0.4) is 0 Å². The van der Waals surface area contributed by atoms with Crippen LogP contribution in [-0.2, 0) is 0 Å². The molecule has 0 N–H and O–H groups in total. The van der Waals surface area contributed by atoms with Crippen LogP contribution >= 0.6 is 0 Å². The fourth-order valence-electron chi connectivity index (χ4n) is 5.48. The summed E-state index contributed by atoms with van der Waals surface area (Å²) >= 11 is 0. The van der Waals surface area contributed by atoms with Gasteiger partial charge in [-0.3, -0.25) is 0 Å². The van der Waals surface area contributed by atoms with Gasteiger partial charge in [0.05, 0.1) is 0 Å². The third-order valence-electron chi connectivity index (χ3n) is 7.82.